The molecule has 0 radical (unpaired) electrons. The zero-order valence-electron chi connectivity index (χ0n) is 15.9. The molecule has 3 aromatic rings. The lowest BCUT2D eigenvalue weighted by Gasteiger charge is -2.10. The first-order valence-electron chi connectivity index (χ1n) is 9.46. The zero-order chi connectivity index (χ0) is 21.0. The second-order valence-corrected chi connectivity index (χ2v) is 7.01. The van der Waals surface area contributed by atoms with Crippen LogP contribution in [0.2, 0.25) is 0 Å². The van der Waals surface area contributed by atoms with Crippen molar-refractivity contribution < 1.29 is 18.0 Å². The summed E-state index contributed by atoms with van der Waals surface area (Å²) in [6.45, 7) is 0.353. The molecule has 152 valence electrons. The fourth-order valence-electron chi connectivity index (χ4n) is 2.72. The lowest BCUT2D eigenvalue weighted by Crippen LogP contribution is -2.12. The Balaban J connectivity index is 1.57. The van der Waals surface area contributed by atoms with Crippen molar-refractivity contribution in [2.75, 3.05) is 0 Å². The van der Waals surface area contributed by atoms with Gasteiger partial charge in [0.1, 0.15) is 5.71 Å². The van der Waals surface area contributed by atoms with Crippen LogP contribution in [0.25, 0.3) is 0 Å². The van der Waals surface area contributed by atoms with Gasteiger partial charge >= 0.3 is 6.18 Å². The van der Waals surface area contributed by atoms with Gasteiger partial charge in [0.2, 0.25) is 0 Å². The third-order valence-electron chi connectivity index (χ3n) is 4.53. The van der Waals surface area contributed by atoms with Crippen molar-refractivity contribution in [1.29, 1.82) is 0 Å². The van der Waals surface area contributed by atoms with Gasteiger partial charge in [-0.25, -0.2) is 4.98 Å². The van der Waals surface area contributed by atoms with E-state index in [1.165, 1.54) is 25.0 Å². The van der Waals surface area contributed by atoms with Crippen LogP contribution in [-0.2, 0) is 12.7 Å². The Morgan fingerprint density at radius 3 is 2.63 bits per heavy atom. The molecule has 30 heavy (non-hydrogen) atoms. The fraction of sp³-hybridized carbons (Fsp3) is 0.217. The third-order valence-corrected chi connectivity index (χ3v) is 4.53. The van der Waals surface area contributed by atoms with Crippen LogP contribution in [0.5, 0.6) is 5.75 Å². The molecule has 0 atom stereocenters. The van der Waals surface area contributed by atoms with Crippen LogP contribution in [-0.4, -0.2) is 15.3 Å². The Morgan fingerprint density at radius 1 is 1.17 bits per heavy atom. The molecule has 1 aliphatic carbocycles. The molecule has 1 heterocycles. The van der Waals surface area contributed by atoms with Gasteiger partial charge in [0, 0.05) is 29.4 Å². The average molecular weight is 409 g/mol. The highest BCUT2D eigenvalue weighted by Crippen LogP contribution is 2.31. The maximum absolute atomic E-state index is 12.9. The summed E-state index contributed by atoms with van der Waals surface area (Å²) in [6, 6.07) is 12.2. The maximum Gasteiger partial charge on any atom is 0.416 e. The van der Waals surface area contributed by atoms with Crippen molar-refractivity contribution >= 4 is 5.71 Å². The van der Waals surface area contributed by atoms with Crippen LogP contribution in [0.15, 0.2) is 72.4 Å². The highest BCUT2D eigenvalue weighted by Gasteiger charge is 2.30. The molecule has 1 fully saturated rings. The predicted molar refractivity (Wildman–Crippen MR) is 107 cm³/mol. The summed E-state index contributed by atoms with van der Waals surface area (Å²) >= 11 is 0. The van der Waals surface area contributed by atoms with Crippen molar-refractivity contribution in [3.63, 3.8) is 0 Å². The van der Waals surface area contributed by atoms with Gasteiger partial charge < -0.3 is 9.40 Å². The normalized spacial score (nSPS) is 14.2. The molecule has 1 aromatic heterocycles. The summed E-state index contributed by atoms with van der Waals surface area (Å²) in [7, 11) is 0. The predicted octanol–water partition coefficient (Wildman–Crippen LogP) is 5.15. The molecule has 0 spiro atoms. The molecule has 7 heteroatoms. The van der Waals surface area contributed by atoms with Gasteiger partial charge in [0.05, 0.1) is 18.4 Å². The summed E-state index contributed by atoms with van der Waals surface area (Å²) in [4.78, 5) is 9.36. The second kappa shape index (κ2) is 8.46. The van der Waals surface area contributed by atoms with E-state index in [4.69, 9.17) is 4.84 Å². The van der Waals surface area contributed by atoms with Gasteiger partial charge in [-0.3, -0.25) is 0 Å². The minimum atomic E-state index is -4.44. The van der Waals surface area contributed by atoms with Crippen molar-refractivity contribution in [2.24, 2.45) is 11.1 Å². The first kappa shape index (κ1) is 19.8. The van der Waals surface area contributed by atoms with Crippen LogP contribution < -0.4 is 4.84 Å². The Labute approximate surface area is 172 Å². The number of halogens is 3. The van der Waals surface area contributed by atoms with Gasteiger partial charge in [-0.15, -0.1) is 0 Å². The number of nitrogens with zero attached hydrogens (tertiary/aromatic N) is 3. The van der Waals surface area contributed by atoms with E-state index in [9.17, 15) is 13.2 Å². The molecule has 0 aliphatic heterocycles. The van der Waals surface area contributed by atoms with Gasteiger partial charge in [0.15, 0.2) is 5.75 Å². The quantitative estimate of drug-likeness (QED) is 0.332. The van der Waals surface area contributed by atoms with Crippen molar-refractivity contribution in [3.8, 4) is 17.6 Å². The number of benzene rings is 2. The fourth-order valence-corrected chi connectivity index (χ4v) is 2.72. The third kappa shape index (κ3) is 5.29. The summed E-state index contributed by atoms with van der Waals surface area (Å²) in [5.74, 6) is 6.90. The largest absolute Gasteiger partial charge is 0.416 e. The Bertz CT molecular complexity index is 1090. The smallest absolute Gasteiger partial charge is 0.357 e. The summed E-state index contributed by atoms with van der Waals surface area (Å²) in [5.41, 5.74) is 1.45. The van der Waals surface area contributed by atoms with E-state index in [0.717, 1.165) is 23.3 Å². The molecular formula is C23H18F3N3O. The van der Waals surface area contributed by atoms with Crippen molar-refractivity contribution in [1.82, 2.24) is 9.55 Å². The number of aromatic nitrogens is 2. The molecule has 0 saturated heterocycles. The van der Waals surface area contributed by atoms with Crippen LogP contribution in [0.1, 0.15) is 29.5 Å². The highest BCUT2D eigenvalue weighted by molar-refractivity contribution is 6.00. The van der Waals surface area contributed by atoms with Crippen molar-refractivity contribution in [3.05, 3.63) is 83.9 Å². The summed E-state index contributed by atoms with van der Waals surface area (Å²) in [6.07, 6.45) is 2.94. The topological polar surface area (TPSA) is 39.4 Å². The molecular weight excluding hydrogens is 391 g/mol. The molecule has 1 saturated carbocycles. The molecule has 2 aromatic carbocycles. The van der Waals surface area contributed by atoms with Crippen LogP contribution in [0.3, 0.4) is 0 Å². The van der Waals surface area contributed by atoms with Crippen LogP contribution in [0, 0.1) is 17.8 Å². The number of imidazole rings is 1. The summed E-state index contributed by atoms with van der Waals surface area (Å²) in [5, 5.41) is 4.14. The molecule has 1 aliphatic rings. The van der Waals surface area contributed by atoms with E-state index >= 15 is 0 Å². The molecule has 0 amide bonds. The van der Waals surface area contributed by atoms with E-state index in [1.807, 2.05) is 24.3 Å². The first-order valence-corrected chi connectivity index (χ1v) is 9.46. The number of rotatable bonds is 5. The van der Waals surface area contributed by atoms with Crippen molar-refractivity contribution in [2.45, 2.75) is 25.6 Å². The number of hydrogen-bond donors (Lipinski definition) is 0. The van der Waals surface area contributed by atoms with E-state index < -0.39 is 11.7 Å². The van der Waals surface area contributed by atoms with E-state index in [2.05, 4.69) is 22.0 Å². The Kier molecular flexibility index (Phi) is 5.57. The van der Waals surface area contributed by atoms with Gasteiger partial charge in [0.25, 0.3) is 0 Å². The van der Waals surface area contributed by atoms with Gasteiger partial charge in [-0.05, 0) is 43.2 Å². The Morgan fingerprint density at radius 2 is 1.97 bits per heavy atom. The number of hydrogen-bond acceptors (Lipinski definition) is 3. The second-order valence-electron chi connectivity index (χ2n) is 7.01. The lowest BCUT2D eigenvalue weighted by atomic mass is 10.1. The van der Waals surface area contributed by atoms with E-state index in [1.54, 1.807) is 23.3 Å². The molecule has 4 rings (SSSR count). The average Bonchev–Trinajstić information content (AvgIpc) is 3.43. The highest BCUT2D eigenvalue weighted by atomic mass is 19.4. The van der Waals surface area contributed by atoms with E-state index in [0.29, 0.717) is 18.2 Å². The SMILES string of the molecule is FC(F)(F)c1cccc(O/N=C(\Cn2ccnc2)c2ccc(C#CC3CC3)cc2)c1. The Hall–Kier alpha value is -3.53. The van der Waals surface area contributed by atoms with Crippen LogP contribution >= 0.6 is 0 Å². The number of alkyl halides is 3. The first-order chi connectivity index (χ1) is 14.5. The number of oxime groups is 1. The maximum atomic E-state index is 12.9. The molecule has 0 N–H and O–H groups in total. The minimum Gasteiger partial charge on any atom is -0.357 e. The van der Waals surface area contributed by atoms with E-state index in [-0.39, 0.29) is 5.75 Å². The monoisotopic (exact) mass is 409 g/mol. The van der Waals surface area contributed by atoms with Gasteiger partial charge in [-0.1, -0.05) is 35.2 Å². The molecule has 0 bridgehead atoms. The lowest BCUT2D eigenvalue weighted by molar-refractivity contribution is -0.137. The standard InChI is InChI=1S/C23H18F3N3O/c24-23(25,26)20-2-1-3-21(14-20)30-28-22(15-29-13-12-27-16-29)19-10-8-18(9-11-19)7-6-17-4-5-17/h1-3,8-14,16-17H,4-5,15H2/b28-22+. The summed E-state index contributed by atoms with van der Waals surface area (Å²) < 4.78 is 40.6. The molecule has 4 nitrogen and oxygen atoms in total. The molecule has 0 unspecified atom stereocenters. The van der Waals surface area contributed by atoms with Crippen LogP contribution in [0.4, 0.5) is 13.2 Å². The zero-order valence-corrected chi connectivity index (χ0v) is 15.9. The van der Waals surface area contributed by atoms with Gasteiger partial charge in [-0.2, -0.15) is 13.2 Å². The minimum absolute atomic E-state index is 0.0138.